The number of rotatable bonds is 15. The molecule has 0 aliphatic carbocycles. The maximum Gasteiger partial charge on any atom is 0.389 e. The quantitative estimate of drug-likeness (QED) is 0.162. The van der Waals surface area contributed by atoms with Crippen LogP contribution in [0.4, 0.5) is 0 Å². The number of esters is 1. The standard InChI is InChI=1S/C22H35NO4/c1-3-4-5-6-7-8-9-10-11-12-16-19-22(23(25)26,21(24)27-2)20-17-14-13-15-18-20/h13-15,17-18H,3-12,16,19H2,1-2H3. The summed E-state index contributed by atoms with van der Waals surface area (Å²) in [5.41, 5.74) is -1.40. The molecule has 0 N–H and O–H groups in total. The van der Waals surface area contributed by atoms with E-state index in [9.17, 15) is 14.9 Å². The third-order valence-electron chi connectivity index (χ3n) is 5.23. The third kappa shape index (κ3) is 7.31. The molecule has 0 aliphatic heterocycles. The summed E-state index contributed by atoms with van der Waals surface area (Å²) in [5, 5.41) is 11.8. The lowest BCUT2D eigenvalue weighted by Crippen LogP contribution is -2.44. The average molecular weight is 378 g/mol. The van der Waals surface area contributed by atoms with Gasteiger partial charge in [-0.05, 0) is 6.42 Å². The van der Waals surface area contributed by atoms with Crippen LogP contribution in [0.15, 0.2) is 30.3 Å². The largest absolute Gasteiger partial charge is 0.463 e. The summed E-state index contributed by atoms with van der Waals surface area (Å²) >= 11 is 0. The molecule has 0 heterocycles. The Hall–Kier alpha value is -1.91. The van der Waals surface area contributed by atoms with E-state index in [4.69, 9.17) is 4.74 Å². The van der Waals surface area contributed by atoms with Crippen LogP contribution in [-0.4, -0.2) is 18.0 Å². The summed E-state index contributed by atoms with van der Waals surface area (Å²) in [6.07, 6.45) is 13.0. The minimum atomic E-state index is -1.80. The van der Waals surface area contributed by atoms with Crippen molar-refractivity contribution in [3.63, 3.8) is 0 Å². The Morgan fingerprint density at radius 2 is 1.41 bits per heavy atom. The van der Waals surface area contributed by atoms with Gasteiger partial charge in [-0.1, -0.05) is 101 Å². The number of ether oxygens (including phenoxy) is 1. The van der Waals surface area contributed by atoms with E-state index in [1.807, 2.05) is 0 Å². The number of methoxy groups -OCH3 is 1. The van der Waals surface area contributed by atoms with Crippen LogP contribution >= 0.6 is 0 Å². The van der Waals surface area contributed by atoms with E-state index in [2.05, 4.69) is 6.92 Å². The number of carbonyl (C=O) groups is 1. The highest BCUT2D eigenvalue weighted by molar-refractivity contribution is 5.80. The molecule has 152 valence electrons. The number of hydrogen-bond acceptors (Lipinski definition) is 4. The van der Waals surface area contributed by atoms with Gasteiger partial charge in [0.25, 0.3) is 0 Å². The Bertz CT molecular complexity index is 547. The van der Waals surface area contributed by atoms with Crippen molar-refractivity contribution < 1.29 is 14.5 Å². The molecule has 0 saturated carbocycles. The summed E-state index contributed by atoms with van der Waals surface area (Å²) < 4.78 is 4.80. The molecule has 0 aromatic heterocycles. The van der Waals surface area contributed by atoms with Gasteiger partial charge in [-0.2, -0.15) is 0 Å². The number of nitrogens with zero attached hydrogens (tertiary/aromatic N) is 1. The predicted octanol–water partition coefficient (Wildman–Crippen LogP) is 6.03. The van der Waals surface area contributed by atoms with Crippen LogP contribution in [0.5, 0.6) is 0 Å². The van der Waals surface area contributed by atoms with E-state index < -0.39 is 16.4 Å². The fourth-order valence-corrected chi connectivity index (χ4v) is 3.56. The molecule has 0 radical (unpaired) electrons. The highest BCUT2D eigenvalue weighted by atomic mass is 16.6. The molecule has 27 heavy (non-hydrogen) atoms. The molecular weight excluding hydrogens is 342 g/mol. The van der Waals surface area contributed by atoms with Crippen molar-refractivity contribution in [1.82, 2.24) is 0 Å². The molecule has 0 spiro atoms. The van der Waals surface area contributed by atoms with Gasteiger partial charge in [0.15, 0.2) is 0 Å². The van der Waals surface area contributed by atoms with E-state index in [0.29, 0.717) is 12.0 Å². The van der Waals surface area contributed by atoms with E-state index in [-0.39, 0.29) is 6.42 Å². The lowest BCUT2D eigenvalue weighted by atomic mass is 9.85. The Morgan fingerprint density at radius 3 is 1.85 bits per heavy atom. The van der Waals surface area contributed by atoms with Gasteiger partial charge in [0.05, 0.1) is 7.11 Å². The second-order valence-electron chi connectivity index (χ2n) is 7.26. The van der Waals surface area contributed by atoms with Crippen molar-refractivity contribution in [1.29, 1.82) is 0 Å². The molecule has 5 nitrogen and oxygen atoms in total. The molecule has 1 aromatic rings. The molecule has 1 atom stereocenters. The van der Waals surface area contributed by atoms with Crippen molar-refractivity contribution >= 4 is 5.97 Å². The van der Waals surface area contributed by atoms with Gasteiger partial charge >= 0.3 is 11.5 Å². The Balaban J connectivity index is 2.43. The molecular formula is C22H35NO4. The number of nitro groups is 1. The SMILES string of the molecule is CCCCCCCCCCCCCC(C(=O)OC)(c1ccccc1)[N+](=O)[O-]. The smallest absolute Gasteiger partial charge is 0.389 e. The van der Waals surface area contributed by atoms with E-state index >= 15 is 0 Å². The molecule has 0 saturated heterocycles. The topological polar surface area (TPSA) is 69.4 Å². The lowest BCUT2D eigenvalue weighted by molar-refractivity contribution is -0.565. The maximum atomic E-state index is 12.3. The first-order valence-corrected chi connectivity index (χ1v) is 10.4. The minimum absolute atomic E-state index is 0.174. The highest BCUT2D eigenvalue weighted by Gasteiger charge is 2.53. The second kappa shape index (κ2) is 13.3. The van der Waals surface area contributed by atoms with Gasteiger partial charge in [0, 0.05) is 16.9 Å². The monoisotopic (exact) mass is 377 g/mol. The van der Waals surface area contributed by atoms with Crippen LogP contribution in [0.3, 0.4) is 0 Å². The number of carbonyl (C=O) groups excluding carboxylic acids is 1. The zero-order valence-electron chi connectivity index (χ0n) is 17.0. The van der Waals surface area contributed by atoms with Crippen molar-refractivity contribution in [2.75, 3.05) is 7.11 Å². The lowest BCUT2D eigenvalue weighted by Gasteiger charge is -2.23. The average Bonchev–Trinajstić information content (AvgIpc) is 2.69. The fraction of sp³-hybridized carbons (Fsp3) is 0.682. The fourth-order valence-electron chi connectivity index (χ4n) is 3.56. The molecule has 5 heteroatoms. The summed E-state index contributed by atoms with van der Waals surface area (Å²) in [6, 6.07) is 8.50. The van der Waals surface area contributed by atoms with Gasteiger partial charge in [-0.25, -0.2) is 4.79 Å². The van der Waals surface area contributed by atoms with Gasteiger partial charge < -0.3 is 4.74 Å². The minimum Gasteiger partial charge on any atom is -0.463 e. The van der Waals surface area contributed by atoms with Crippen molar-refractivity contribution in [3.05, 3.63) is 46.0 Å². The van der Waals surface area contributed by atoms with Crippen LogP contribution in [0.25, 0.3) is 0 Å². The normalized spacial score (nSPS) is 13.1. The zero-order chi connectivity index (χ0) is 20.0. The summed E-state index contributed by atoms with van der Waals surface area (Å²) in [6.45, 7) is 2.23. The van der Waals surface area contributed by atoms with E-state index in [1.54, 1.807) is 30.3 Å². The molecule has 0 amide bonds. The highest BCUT2D eigenvalue weighted by Crippen LogP contribution is 2.32. The van der Waals surface area contributed by atoms with Crippen LogP contribution < -0.4 is 0 Å². The summed E-state index contributed by atoms with van der Waals surface area (Å²) in [7, 11) is 1.21. The predicted molar refractivity (Wildman–Crippen MR) is 108 cm³/mol. The second-order valence-corrected chi connectivity index (χ2v) is 7.26. The molecule has 1 unspecified atom stereocenters. The number of unbranched alkanes of at least 4 members (excludes halogenated alkanes) is 10. The maximum absolute atomic E-state index is 12.3. The van der Waals surface area contributed by atoms with Gasteiger partial charge in [0.2, 0.25) is 0 Å². The summed E-state index contributed by atoms with van der Waals surface area (Å²) in [4.78, 5) is 23.7. The van der Waals surface area contributed by atoms with Crippen molar-refractivity contribution in [3.8, 4) is 0 Å². The van der Waals surface area contributed by atoms with Crippen LogP contribution in [-0.2, 0) is 15.1 Å². The summed E-state index contributed by atoms with van der Waals surface area (Å²) in [5.74, 6) is -0.786. The van der Waals surface area contributed by atoms with Gasteiger partial charge in [0.1, 0.15) is 0 Å². The number of benzene rings is 1. The Kier molecular flexibility index (Phi) is 11.4. The first-order chi connectivity index (χ1) is 13.1. The van der Waals surface area contributed by atoms with Crippen molar-refractivity contribution in [2.45, 2.75) is 89.5 Å². The van der Waals surface area contributed by atoms with Gasteiger partial charge in [-0.15, -0.1) is 0 Å². The Labute approximate surface area is 163 Å². The molecule has 0 bridgehead atoms. The van der Waals surface area contributed by atoms with E-state index in [1.165, 1.54) is 52.1 Å². The van der Waals surface area contributed by atoms with Gasteiger partial charge in [-0.3, -0.25) is 10.1 Å². The molecule has 1 rings (SSSR count). The zero-order valence-corrected chi connectivity index (χ0v) is 17.0. The first kappa shape index (κ1) is 23.1. The molecule has 0 fully saturated rings. The van der Waals surface area contributed by atoms with Crippen LogP contribution in [0.2, 0.25) is 0 Å². The van der Waals surface area contributed by atoms with E-state index in [0.717, 1.165) is 19.3 Å². The van der Waals surface area contributed by atoms with Crippen LogP contribution in [0.1, 0.15) is 89.5 Å². The first-order valence-electron chi connectivity index (χ1n) is 10.4. The van der Waals surface area contributed by atoms with Crippen LogP contribution in [0, 0.1) is 10.1 Å². The third-order valence-corrected chi connectivity index (χ3v) is 5.23. The number of hydrogen-bond donors (Lipinski definition) is 0. The Morgan fingerprint density at radius 1 is 0.926 bits per heavy atom. The molecule has 1 aromatic carbocycles. The molecule has 0 aliphatic rings. The van der Waals surface area contributed by atoms with Crippen molar-refractivity contribution in [2.24, 2.45) is 0 Å².